The lowest BCUT2D eigenvalue weighted by Gasteiger charge is -2.03. The number of hydrogen-bond donors (Lipinski definition) is 1. The van der Waals surface area contributed by atoms with Crippen molar-refractivity contribution in [2.75, 3.05) is 6.54 Å². The number of hydrogen-bond acceptors (Lipinski definition) is 3. The summed E-state index contributed by atoms with van der Waals surface area (Å²) in [5, 5.41) is 2.88. The first-order valence-electron chi connectivity index (χ1n) is 6.95. The summed E-state index contributed by atoms with van der Waals surface area (Å²) in [6.45, 7) is 2.58. The van der Waals surface area contributed by atoms with Crippen LogP contribution in [0.15, 0.2) is 47.5 Å². The second-order valence-corrected chi connectivity index (χ2v) is 6.02. The van der Waals surface area contributed by atoms with Gasteiger partial charge in [-0.15, -0.1) is 0 Å². The molecule has 22 heavy (non-hydrogen) atoms. The molecule has 3 rings (SSSR count). The third-order valence-corrected chi connectivity index (χ3v) is 3.72. The molecule has 3 aromatic heterocycles. The van der Waals surface area contributed by atoms with E-state index in [1.54, 1.807) is 18.5 Å². The molecule has 0 aromatic carbocycles. The summed E-state index contributed by atoms with van der Waals surface area (Å²) in [6.07, 6.45) is 7.92. The number of aryl methyl sites for hydroxylation is 1. The number of carbonyl (C=O) groups excluding carboxylic acids is 1. The number of carbonyl (C=O) groups is 1. The minimum absolute atomic E-state index is 0.131. The van der Waals surface area contributed by atoms with E-state index < -0.39 is 0 Å². The van der Waals surface area contributed by atoms with Gasteiger partial charge < -0.3 is 9.72 Å². The van der Waals surface area contributed by atoms with Crippen LogP contribution in [-0.4, -0.2) is 26.8 Å². The van der Waals surface area contributed by atoms with Crippen molar-refractivity contribution >= 4 is 27.5 Å². The Kier molecular flexibility index (Phi) is 4.20. The number of fused-ring (bicyclic) bond motifs is 1. The maximum Gasteiger partial charge on any atom is 0.252 e. The van der Waals surface area contributed by atoms with Crippen LogP contribution in [0.4, 0.5) is 0 Å². The average molecular weight is 359 g/mol. The fourth-order valence-corrected chi connectivity index (χ4v) is 2.58. The maximum absolute atomic E-state index is 12.0. The van der Waals surface area contributed by atoms with Gasteiger partial charge in [-0.2, -0.15) is 0 Å². The lowest BCUT2D eigenvalue weighted by Crippen LogP contribution is -2.25. The molecule has 112 valence electrons. The molecule has 0 atom stereocenters. The van der Waals surface area contributed by atoms with Crippen molar-refractivity contribution in [1.29, 1.82) is 0 Å². The zero-order valence-electron chi connectivity index (χ0n) is 12.1. The van der Waals surface area contributed by atoms with Crippen molar-refractivity contribution in [1.82, 2.24) is 19.7 Å². The predicted octanol–water partition coefficient (Wildman–Crippen LogP) is 2.77. The highest BCUT2D eigenvalue weighted by Gasteiger charge is 2.07. The third-order valence-electron chi connectivity index (χ3n) is 3.28. The van der Waals surface area contributed by atoms with Crippen molar-refractivity contribution in [2.24, 2.45) is 0 Å². The van der Waals surface area contributed by atoms with Gasteiger partial charge in [0.1, 0.15) is 5.65 Å². The van der Waals surface area contributed by atoms with E-state index in [-0.39, 0.29) is 5.91 Å². The number of pyridine rings is 2. The number of rotatable bonds is 4. The van der Waals surface area contributed by atoms with E-state index in [9.17, 15) is 4.79 Å². The average Bonchev–Trinajstić information content (AvgIpc) is 2.89. The fourth-order valence-electron chi connectivity index (χ4n) is 2.22. The Hall–Kier alpha value is -2.21. The van der Waals surface area contributed by atoms with Gasteiger partial charge in [-0.1, -0.05) is 6.07 Å². The van der Waals surface area contributed by atoms with Crippen molar-refractivity contribution < 1.29 is 4.79 Å². The first kappa shape index (κ1) is 14.7. The van der Waals surface area contributed by atoms with E-state index in [1.165, 1.54) is 5.56 Å². The van der Waals surface area contributed by atoms with Crippen molar-refractivity contribution in [3.8, 4) is 0 Å². The first-order chi connectivity index (χ1) is 10.6. The number of imidazole rings is 1. The Bertz CT molecular complexity index is 828. The van der Waals surface area contributed by atoms with Gasteiger partial charge in [0.2, 0.25) is 0 Å². The number of aromatic nitrogens is 3. The van der Waals surface area contributed by atoms with Crippen LogP contribution in [-0.2, 0) is 6.42 Å². The summed E-state index contributed by atoms with van der Waals surface area (Å²) >= 11 is 3.31. The molecule has 3 heterocycles. The molecule has 5 nitrogen and oxygen atoms in total. The van der Waals surface area contributed by atoms with Crippen LogP contribution in [0.5, 0.6) is 0 Å². The summed E-state index contributed by atoms with van der Waals surface area (Å²) in [6, 6.07) is 5.77. The normalized spacial score (nSPS) is 10.8. The number of amides is 1. The molecule has 0 fully saturated rings. The molecular weight excluding hydrogens is 344 g/mol. The Morgan fingerprint density at radius 3 is 3.00 bits per heavy atom. The molecule has 1 amide bonds. The van der Waals surface area contributed by atoms with Crippen LogP contribution in [0.25, 0.3) is 5.65 Å². The molecule has 0 saturated heterocycles. The molecule has 3 aromatic rings. The molecule has 0 saturated carbocycles. The van der Waals surface area contributed by atoms with Crippen molar-refractivity contribution in [3.05, 3.63) is 64.3 Å². The van der Waals surface area contributed by atoms with Gasteiger partial charge in [0, 0.05) is 42.2 Å². The summed E-state index contributed by atoms with van der Waals surface area (Å²) in [5.74, 6) is -0.131. The van der Waals surface area contributed by atoms with Crippen LogP contribution in [0, 0.1) is 6.92 Å². The van der Waals surface area contributed by atoms with Crippen LogP contribution >= 0.6 is 15.9 Å². The molecule has 0 spiro atoms. The molecule has 6 heteroatoms. The molecule has 0 aliphatic rings. The van der Waals surface area contributed by atoms with Gasteiger partial charge >= 0.3 is 0 Å². The predicted molar refractivity (Wildman–Crippen MR) is 87.9 cm³/mol. The zero-order chi connectivity index (χ0) is 15.5. The van der Waals surface area contributed by atoms with Crippen molar-refractivity contribution in [3.63, 3.8) is 0 Å². The standard InChI is InChI=1S/C16H15BrN4O/c1-11-2-3-15-20-14(10-21(15)9-11)4-5-19-16(22)12-6-13(17)8-18-7-12/h2-3,6-10H,4-5H2,1H3,(H,19,22). The molecular formula is C16H15BrN4O. The molecule has 0 bridgehead atoms. The topological polar surface area (TPSA) is 59.3 Å². The van der Waals surface area contributed by atoms with E-state index in [0.717, 1.165) is 15.8 Å². The lowest BCUT2D eigenvalue weighted by atomic mass is 10.2. The molecule has 0 aliphatic heterocycles. The van der Waals surface area contributed by atoms with Crippen molar-refractivity contribution in [2.45, 2.75) is 13.3 Å². The van der Waals surface area contributed by atoms with Crippen LogP contribution in [0.2, 0.25) is 0 Å². The second kappa shape index (κ2) is 6.27. The zero-order valence-corrected chi connectivity index (χ0v) is 13.7. The second-order valence-electron chi connectivity index (χ2n) is 5.10. The van der Waals surface area contributed by atoms with Crippen LogP contribution in [0.1, 0.15) is 21.6 Å². The first-order valence-corrected chi connectivity index (χ1v) is 7.74. The van der Waals surface area contributed by atoms with Gasteiger partial charge in [0.25, 0.3) is 5.91 Å². The van der Waals surface area contributed by atoms with Gasteiger partial charge in [-0.05, 0) is 40.5 Å². The SMILES string of the molecule is Cc1ccc2nc(CCNC(=O)c3cncc(Br)c3)cn2c1. The molecule has 0 aliphatic carbocycles. The minimum Gasteiger partial charge on any atom is -0.352 e. The minimum atomic E-state index is -0.131. The van der Waals surface area contributed by atoms with E-state index in [4.69, 9.17) is 0 Å². The Labute approximate surface area is 136 Å². The highest BCUT2D eigenvalue weighted by molar-refractivity contribution is 9.10. The molecule has 0 unspecified atom stereocenters. The highest BCUT2D eigenvalue weighted by Crippen LogP contribution is 2.10. The lowest BCUT2D eigenvalue weighted by molar-refractivity contribution is 0.0953. The van der Waals surface area contributed by atoms with Gasteiger partial charge in [-0.3, -0.25) is 9.78 Å². The number of nitrogens with one attached hydrogen (secondary N) is 1. The molecule has 1 N–H and O–H groups in total. The van der Waals surface area contributed by atoms with Gasteiger partial charge in [-0.25, -0.2) is 4.98 Å². The van der Waals surface area contributed by atoms with Crippen LogP contribution in [0.3, 0.4) is 0 Å². The Balaban J connectivity index is 1.61. The monoisotopic (exact) mass is 358 g/mol. The van der Waals surface area contributed by atoms with E-state index in [2.05, 4.69) is 31.2 Å². The summed E-state index contributed by atoms with van der Waals surface area (Å²) in [4.78, 5) is 20.5. The van der Waals surface area contributed by atoms with Gasteiger partial charge in [0.05, 0.1) is 11.3 Å². The van der Waals surface area contributed by atoms with Crippen LogP contribution < -0.4 is 5.32 Å². The fraction of sp³-hybridized carbons (Fsp3) is 0.188. The Morgan fingerprint density at radius 2 is 2.18 bits per heavy atom. The van der Waals surface area contributed by atoms with Gasteiger partial charge in [0.15, 0.2) is 0 Å². The molecule has 0 radical (unpaired) electrons. The largest absolute Gasteiger partial charge is 0.352 e. The third kappa shape index (κ3) is 3.33. The van der Waals surface area contributed by atoms with E-state index in [1.807, 2.05) is 35.9 Å². The smallest absolute Gasteiger partial charge is 0.252 e. The maximum atomic E-state index is 12.0. The highest BCUT2D eigenvalue weighted by atomic mass is 79.9. The van der Waals surface area contributed by atoms with E-state index in [0.29, 0.717) is 18.5 Å². The summed E-state index contributed by atoms with van der Waals surface area (Å²) in [7, 11) is 0. The van der Waals surface area contributed by atoms with E-state index >= 15 is 0 Å². The summed E-state index contributed by atoms with van der Waals surface area (Å²) < 4.78 is 2.79. The Morgan fingerprint density at radius 1 is 1.32 bits per heavy atom. The quantitative estimate of drug-likeness (QED) is 0.779. The number of nitrogens with zero attached hydrogens (tertiary/aromatic N) is 3. The summed E-state index contributed by atoms with van der Waals surface area (Å²) in [5.41, 5.74) is 3.60. The number of halogens is 1.